The van der Waals surface area contributed by atoms with Crippen LogP contribution < -0.4 is 15.2 Å². The highest BCUT2D eigenvalue weighted by molar-refractivity contribution is 5.67. The highest BCUT2D eigenvalue weighted by atomic mass is 16.5. The Morgan fingerprint density at radius 2 is 1.73 bits per heavy atom. The van der Waals surface area contributed by atoms with Gasteiger partial charge in [-0.05, 0) is 37.3 Å². The number of nitrogens with one attached hydrogen (secondary N) is 1. The number of anilines is 1. The molecule has 3 rings (SSSR count). The number of nitrogen functional groups attached to an aromatic ring is 1. The van der Waals surface area contributed by atoms with Crippen LogP contribution >= 0.6 is 0 Å². The van der Waals surface area contributed by atoms with Crippen LogP contribution in [0.1, 0.15) is 12.6 Å². The predicted molar refractivity (Wildman–Crippen MR) is 101 cm³/mol. The highest BCUT2D eigenvalue weighted by Gasteiger charge is 2.10. The molecule has 1 heterocycles. The van der Waals surface area contributed by atoms with Crippen molar-refractivity contribution < 1.29 is 14.2 Å². The second kappa shape index (κ2) is 8.92. The summed E-state index contributed by atoms with van der Waals surface area (Å²) in [5.41, 5.74) is 9.08. The SMILES string of the molecule is CCOCCOc1ccccc1-c1cc(COc2ccccc2N)[nH]n1. The second-order valence-electron chi connectivity index (χ2n) is 5.65. The van der Waals surface area contributed by atoms with Crippen LogP contribution in [0, 0.1) is 0 Å². The first-order valence-electron chi connectivity index (χ1n) is 8.59. The predicted octanol–water partition coefficient (Wildman–Crippen LogP) is 3.65. The molecule has 26 heavy (non-hydrogen) atoms. The van der Waals surface area contributed by atoms with Gasteiger partial charge in [0, 0.05) is 12.2 Å². The molecule has 136 valence electrons. The fourth-order valence-corrected chi connectivity index (χ4v) is 2.50. The smallest absolute Gasteiger partial charge is 0.142 e. The number of hydrogen-bond acceptors (Lipinski definition) is 5. The molecule has 0 bridgehead atoms. The van der Waals surface area contributed by atoms with Crippen molar-refractivity contribution in [3.63, 3.8) is 0 Å². The summed E-state index contributed by atoms with van der Waals surface area (Å²) in [5, 5.41) is 7.38. The number of ether oxygens (including phenoxy) is 3. The van der Waals surface area contributed by atoms with Crippen LogP contribution in [0.25, 0.3) is 11.3 Å². The lowest BCUT2D eigenvalue weighted by atomic mass is 10.1. The largest absolute Gasteiger partial charge is 0.490 e. The zero-order valence-electron chi connectivity index (χ0n) is 14.8. The van der Waals surface area contributed by atoms with Crippen LogP contribution in [-0.2, 0) is 11.3 Å². The second-order valence-corrected chi connectivity index (χ2v) is 5.65. The van der Waals surface area contributed by atoms with E-state index in [1.54, 1.807) is 0 Å². The van der Waals surface area contributed by atoms with Gasteiger partial charge in [0.1, 0.15) is 24.7 Å². The molecular weight excluding hydrogens is 330 g/mol. The Balaban J connectivity index is 1.67. The summed E-state index contributed by atoms with van der Waals surface area (Å²) in [7, 11) is 0. The average Bonchev–Trinajstić information content (AvgIpc) is 3.14. The molecule has 1 aromatic heterocycles. The van der Waals surface area contributed by atoms with Gasteiger partial charge in [0.15, 0.2) is 0 Å². The number of benzene rings is 2. The molecule has 0 saturated carbocycles. The molecule has 0 amide bonds. The monoisotopic (exact) mass is 353 g/mol. The molecule has 0 spiro atoms. The molecule has 0 aliphatic heterocycles. The normalized spacial score (nSPS) is 10.7. The van der Waals surface area contributed by atoms with Crippen molar-refractivity contribution >= 4 is 5.69 Å². The number of nitrogens with zero attached hydrogens (tertiary/aromatic N) is 1. The summed E-state index contributed by atoms with van der Waals surface area (Å²) in [6, 6.07) is 17.2. The van der Waals surface area contributed by atoms with Crippen molar-refractivity contribution in [3.05, 3.63) is 60.3 Å². The Kier molecular flexibility index (Phi) is 6.11. The molecule has 0 atom stereocenters. The Morgan fingerprint density at radius 1 is 0.962 bits per heavy atom. The first kappa shape index (κ1) is 17.8. The van der Waals surface area contributed by atoms with E-state index in [-0.39, 0.29) is 0 Å². The Labute approximate surface area is 152 Å². The first-order valence-corrected chi connectivity index (χ1v) is 8.59. The van der Waals surface area contributed by atoms with Crippen molar-refractivity contribution in [2.75, 3.05) is 25.6 Å². The third-order valence-corrected chi connectivity index (χ3v) is 3.79. The molecule has 0 saturated heterocycles. The van der Waals surface area contributed by atoms with Gasteiger partial charge in [-0.3, -0.25) is 5.10 Å². The Bertz CT molecular complexity index is 832. The molecular formula is C20H23N3O3. The molecule has 0 radical (unpaired) electrons. The van der Waals surface area contributed by atoms with E-state index < -0.39 is 0 Å². The van der Waals surface area contributed by atoms with Crippen molar-refractivity contribution in [2.45, 2.75) is 13.5 Å². The number of para-hydroxylation sites is 3. The van der Waals surface area contributed by atoms with Crippen LogP contribution in [-0.4, -0.2) is 30.0 Å². The van der Waals surface area contributed by atoms with E-state index in [9.17, 15) is 0 Å². The van der Waals surface area contributed by atoms with E-state index in [1.807, 2.05) is 61.5 Å². The van der Waals surface area contributed by atoms with E-state index >= 15 is 0 Å². The maximum Gasteiger partial charge on any atom is 0.142 e. The third-order valence-electron chi connectivity index (χ3n) is 3.79. The molecule has 3 N–H and O–H groups in total. The molecule has 0 fully saturated rings. The first-order chi connectivity index (χ1) is 12.8. The summed E-state index contributed by atoms with van der Waals surface area (Å²) in [4.78, 5) is 0. The molecule has 6 heteroatoms. The van der Waals surface area contributed by atoms with Gasteiger partial charge in [-0.1, -0.05) is 24.3 Å². The number of nitrogens with two attached hydrogens (primary N) is 1. The van der Waals surface area contributed by atoms with E-state index in [2.05, 4.69) is 10.2 Å². The third kappa shape index (κ3) is 4.55. The topological polar surface area (TPSA) is 82.4 Å². The van der Waals surface area contributed by atoms with E-state index in [0.717, 1.165) is 22.7 Å². The fourth-order valence-electron chi connectivity index (χ4n) is 2.50. The van der Waals surface area contributed by atoms with Crippen molar-refractivity contribution in [3.8, 4) is 22.8 Å². The molecule has 6 nitrogen and oxygen atoms in total. The lowest BCUT2D eigenvalue weighted by molar-refractivity contribution is 0.110. The molecule has 0 aliphatic carbocycles. The van der Waals surface area contributed by atoms with Gasteiger partial charge >= 0.3 is 0 Å². The van der Waals surface area contributed by atoms with Crippen LogP contribution in [0.2, 0.25) is 0 Å². The van der Waals surface area contributed by atoms with Gasteiger partial charge < -0.3 is 19.9 Å². The molecule has 0 unspecified atom stereocenters. The maximum atomic E-state index is 5.89. The van der Waals surface area contributed by atoms with Crippen LogP contribution in [0.5, 0.6) is 11.5 Å². The number of aromatic amines is 1. The summed E-state index contributed by atoms with van der Waals surface area (Å²) in [6.07, 6.45) is 0. The summed E-state index contributed by atoms with van der Waals surface area (Å²) >= 11 is 0. The number of aromatic nitrogens is 2. The molecule has 3 aromatic rings. The minimum absolute atomic E-state index is 0.356. The number of hydrogen-bond donors (Lipinski definition) is 2. The van der Waals surface area contributed by atoms with Gasteiger partial charge in [0.25, 0.3) is 0 Å². The lowest BCUT2D eigenvalue weighted by Gasteiger charge is -2.09. The van der Waals surface area contributed by atoms with Crippen molar-refractivity contribution in [1.82, 2.24) is 10.2 Å². The van der Waals surface area contributed by atoms with Gasteiger partial charge in [0.2, 0.25) is 0 Å². The van der Waals surface area contributed by atoms with Crippen molar-refractivity contribution in [1.29, 1.82) is 0 Å². The molecule has 0 aliphatic rings. The quantitative estimate of drug-likeness (QED) is 0.453. The van der Waals surface area contributed by atoms with Gasteiger partial charge in [-0.2, -0.15) is 5.10 Å². The van der Waals surface area contributed by atoms with Crippen LogP contribution in [0.15, 0.2) is 54.6 Å². The summed E-state index contributed by atoms with van der Waals surface area (Å²) in [5.74, 6) is 1.43. The maximum absolute atomic E-state index is 5.89. The fraction of sp³-hybridized carbons (Fsp3) is 0.250. The Morgan fingerprint density at radius 3 is 2.54 bits per heavy atom. The lowest BCUT2D eigenvalue weighted by Crippen LogP contribution is -2.06. The summed E-state index contributed by atoms with van der Waals surface area (Å²) in [6.45, 7) is 4.06. The average molecular weight is 353 g/mol. The number of H-pyrrole nitrogens is 1. The zero-order chi connectivity index (χ0) is 18.2. The molecule has 2 aromatic carbocycles. The minimum atomic E-state index is 0.356. The van der Waals surface area contributed by atoms with E-state index in [0.29, 0.717) is 37.9 Å². The number of rotatable bonds is 9. The highest BCUT2D eigenvalue weighted by Crippen LogP contribution is 2.29. The van der Waals surface area contributed by atoms with Gasteiger partial charge in [-0.15, -0.1) is 0 Å². The van der Waals surface area contributed by atoms with Gasteiger partial charge in [0.05, 0.1) is 23.7 Å². The van der Waals surface area contributed by atoms with Gasteiger partial charge in [-0.25, -0.2) is 0 Å². The van der Waals surface area contributed by atoms with Crippen molar-refractivity contribution in [2.24, 2.45) is 0 Å². The minimum Gasteiger partial charge on any atom is -0.490 e. The standard InChI is InChI=1S/C20H23N3O3/c1-2-24-11-12-25-19-9-5-3-7-16(19)18-13-15(22-23-18)14-26-20-10-6-4-8-17(20)21/h3-10,13H,2,11-12,14,21H2,1H3,(H,22,23). The van der Waals surface area contributed by atoms with E-state index in [1.165, 1.54) is 0 Å². The zero-order valence-corrected chi connectivity index (χ0v) is 14.8. The Hall–Kier alpha value is -2.99. The van der Waals surface area contributed by atoms with Crippen LogP contribution in [0.3, 0.4) is 0 Å². The van der Waals surface area contributed by atoms with E-state index in [4.69, 9.17) is 19.9 Å². The summed E-state index contributed by atoms with van der Waals surface area (Å²) < 4.78 is 16.9. The van der Waals surface area contributed by atoms with Crippen LogP contribution in [0.4, 0.5) is 5.69 Å².